The molecule has 6 heteroatoms. The van der Waals surface area contributed by atoms with Crippen LogP contribution in [-0.2, 0) is 4.79 Å². The third-order valence-electron chi connectivity index (χ3n) is 4.60. The van der Waals surface area contributed by atoms with Gasteiger partial charge in [0.25, 0.3) is 0 Å². The van der Waals surface area contributed by atoms with E-state index in [-0.39, 0.29) is 18.0 Å². The van der Waals surface area contributed by atoms with Crippen molar-refractivity contribution < 1.29 is 13.9 Å². The highest BCUT2D eigenvalue weighted by Gasteiger charge is 2.27. The number of likely N-dealkylation sites (tertiary alicyclic amines) is 1. The van der Waals surface area contributed by atoms with E-state index < -0.39 is 5.82 Å². The molecule has 2 heterocycles. The fourth-order valence-electron chi connectivity index (χ4n) is 3.32. The van der Waals surface area contributed by atoms with Crippen molar-refractivity contribution in [1.82, 2.24) is 14.9 Å². The van der Waals surface area contributed by atoms with Gasteiger partial charge in [0, 0.05) is 32.4 Å². The first-order valence-corrected chi connectivity index (χ1v) is 8.12. The highest BCUT2D eigenvalue weighted by molar-refractivity contribution is 5.76. The molecule has 0 N–H and O–H groups in total. The first-order chi connectivity index (χ1) is 10.7. The quantitative estimate of drug-likeness (QED) is 0.858. The average molecular weight is 307 g/mol. The van der Waals surface area contributed by atoms with Gasteiger partial charge in [0.1, 0.15) is 6.10 Å². The second-order valence-electron chi connectivity index (χ2n) is 6.24. The Morgan fingerprint density at radius 2 is 1.82 bits per heavy atom. The molecule has 0 radical (unpaired) electrons. The maximum absolute atomic E-state index is 12.7. The van der Waals surface area contributed by atoms with Gasteiger partial charge in [0.05, 0.1) is 12.4 Å². The third-order valence-corrected chi connectivity index (χ3v) is 4.60. The summed E-state index contributed by atoms with van der Waals surface area (Å²) in [7, 11) is 0. The van der Waals surface area contributed by atoms with Gasteiger partial charge in [-0.1, -0.05) is 12.8 Å². The molecule has 1 aromatic heterocycles. The van der Waals surface area contributed by atoms with E-state index in [1.54, 1.807) is 0 Å². The van der Waals surface area contributed by atoms with Gasteiger partial charge in [-0.05, 0) is 18.8 Å². The van der Waals surface area contributed by atoms with Gasteiger partial charge < -0.3 is 9.64 Å². The summed E-state index contributed by atoms with van der Waals surface area (Å²) in [5, 5.41) is 0. The van der Waals surface area contributed by atoms with Crippen LogP contribution in [0.1, 0.15) is 44.9 Å². The topological polar surface area (TPSA) is 55.3 Å². The molecule has 3 rings (SSSR count). The molecule has 5 nitrogen and oxygen atoms in total. The van der Waals surface area contributed by atoms with E-state index in [4.69, 9.17) is 4.74 Å². The Morgan fingerprint density at radius 3 is 2.45 bits per heavy atom. The third kappa shape index (κ3) is 3.93. The zero-order valence-electron chi connectivity index (χ0n) is 12.7. The normalized spacial score (nSPS) is 20.3. The Morgan fingerprint density at radius 1 is 1.18 bits per heavy atom. The summed E-state index contributed by atoms with van der Waals surface area (Å²) in [6.45, 7) is 1.44. The van der Waals surface area contributed by atoms with Crippen LogP contribution >= 0.6 is 0 Å². The zero-order chi connectivity index (χ0) is 15.4. The van der Waals surface area contributed by atoms with Crippen LogP contribution in [0.4, 0.5) is 4.39 Å². The number of aromatic nitrogens is 2. The van der Waals surface area contributed by atoms with Gasteiger partial charge >= 0.3 is 6.01 Å². The van der Waals surface area contributed by atoms with Crippen molar-refractivity contribution in [3.63, 3.8) is 0 Å². The average Bonchev–Trinajstić information content (AvgIpc) is 3.03. The molecule has 120 valence electrons. The van der Waals surface area contributed by atoms with Gasteiger partial charge in [-0.2, -0.15) is 0 Å². The maximum atomic E-state index is 12.7. The Kier molecular flexibility index (Phi) is 4.85. The molecule has 0 bridgehead atoms. The number of rotatable bonds is 4. The lowest BCUT2D eigenvalue weighted by Crippen LogP contribution is -2.42. The molecular formula is C16H22FN3O2. The Bertz CT molecular complexity index is 495. The zero-order valence-corrected chi connectivity index (χ0v) is 12.7. The van der Waals surface area contributed by atoms with E-state index in [0.717, 1.165) is 38.3 Å². The molecule has 1 aliphatic carbocycles. The number of hydrogen-bond acceptors (Lipinski definition) is 4. The van der Waals surface area contributed by atoms with E-state index in [1.165, 1.54) is 25.7 Å². The van der Waals surface area contributed by atoms with Gasteiger partial charge in [-0.3, -0.25) is 4.79 Å². The fourth-order valence-corrected chi connectivity index (χ4v) is 3.32. The largest absolute Gasteiger partial charge is 0.460 e. The van der Waals surface area contributed by atoms with Crippen LogP contribution in [0.25, 0.3) is 0 Å². The number of piperidine rings is 1. The lowest BCUT2D eigenvalue weighted by atomic mass is 10.0. The molecule has 0 spiro atoms. The first kappa shape index (κ1) is 15.2. The summed E-state index contributed by atoms with van der Waals surface area (Å²) in [5.41, 5.74) is 0. The first-order valence-electron chi connectivity index (χ1n) is 8.12. The molecule has 2 aliphatic rings. The highest BCUT2D eigenvalue weighted by atomic mass is 19.1. The molecule has 1 saturated heterocycles. The lowest BCUT2D eigenvalue weighted by Gasteiger charge is -2.32. The van der Waals surface area contributed by atoms with E-state index in [1.807, 2.05) is 4.90 Å². The molecule has 1 aliphatic heterocycles. The number of carbonyl (C=O) groups excluding carboxylic acids is 1. The van der Waals surface area contributed by atoms with Crippen molar-refractivity contribution in [2.45, 2.75) is 51.0 Å². The van der Waals surface area contributed by atoms with E-state index in [0.29, 0.717) is 12.3 Å². The molecule has 0 unspecified atom stereocenters. The highest BCUT2D eigenvalue weighted by Crippen LogP contribution is 2.28. The number of ether oxygens (including phenoxy) is 1. The van der Waals surface area contributed by atoms with Gasteiger partial charge in [0.15, 0.2) is 5.82 Å². The number of hydrogen-bond donors (Lipinski definition) is 0. The second-order valence-corrected chi connectivity index (χ2v) is 6.24. The minimum Gasteiger partial charge on any atom is -0.460 e. The van der Waals surface area contributed by atoms with Crippen molar-refractivity contribution in [3.05, 3.63) is 18.2 Å². The summed E-state index contributed by atoms with van der Waals surface area (Å²) < 4.78 is 18.4. The summed E-state index contributed by atoms with van der Waals surface area (Å²) in [5.74, 6) is 0.400. The van der Waals surface area contributed by atoms with Gasteiger partial charge in [-0.15, -0.1) is 0 Å². The number of carbonyl (C=O) groups is 1. The fraction of sp³-hybridized carbons (Fsp3) is 0.688. The van der Waals surface area contributed by atoms with Crippen LogP contribution in [0, 0.1) is 11.7 Å². The molecule has 0 aromatic carbocycles. The molecule has 0 atom stereocenters. The predicted molar refractivity (Wildman–Crippen MR) is 78.8 cm³/mol. The predicted octanol–water partition coefficient (Wildman–Crippen LogP) is 2.57. The summed E-state index contributed by atoms with van der Waals surface area (Å²) in [4.78, 5) is 21.8. The van der Waals surface area contributed by atoms with Crippen molar-refractivity contribution in [2.75, 3.05) is 13.1 Å². The van der Waals surface area contributed by atoms with Crippen LogP contribution in [-0.4, -0.2) is 40.0 Å². The standard InChI is InChI=1S/C16H22FN3O2/c17-13-10-18-16(19-11-13)22-14-5-7-20(8-6-14)15(21)9-12-3-1-2-4-12/h10-12,14H,1-9H2. The van der Waals surface area contributed by atoms with Crippen LogP contribution in [0.5, 0.6) is 6.01 Å². The van der Waals surface area contributed by atoms with E-state index >= 15 is 0 Å². The second kappa shape index (κ2) is 7.03. The minimum atomic E-state index is -0.473. The molecule has 22 heavy (non-hydrogen) atoms. The van der Waals surface area contributed by atoms with Gasteiger partial charge in [-0.25, -0.2) is 14.4 Å². The van der Waals surface area contributed by atoms with Crippen LogP contribution < -0.4 is 4.74 Å². The molecule has 1 saturated carbocycles. The maximum Gasteiger partial charge on any atom is 0.316 e. The number of amides is 1. The Balaban J connectivity index is 1.43. The van der Waals surface area contributed by atoms with E-state index in [2.05, 4.69) is 9.97 Å². The Labute approximate surface area is 129 Å². The van der Waals surface area contributed by atoms with Crippen LogP contribution in [0.15, 0.2) is 12.4 Å². The monoisotopic (exact) mass is 307 g/mol. The SMILES string of the molecule is O=C(CC1CCCC1)N1CCC(Oc2ncc(F)cn2)CC1. The van der Waals surface area contributed by atoms with Crippen LogP contribution in [0.2, 0.25) is 0 Å². The smallest absolute Gasteiger partial charge is 0.316 e. The lowest BCUT2D eigenvalue weighted by molar-refractivity contribution is -0.134. The Hall–Kier alpha value is -1.72. The molecule has 1 aromatic rings. The number of nitrogens with zero attached hydrogens (tertiary/aromatic N) is 3. The minimum absolute atomic E-state index is 0.000918. The van der Waals surface area contributed by atoms with Crippen LogP contribution in [0.3, 0.4) is 0 Å². The molecular weight excluding hydrogens is 285 g/mol. The summed E-state index contributed by atoms with van der Waals surface area (Å²) in [6.07, 6.45) is 9.39. The van der Waals surface area contributed by atoms with Crippen molar-refractivity contribution in [3.8, 4) is 6.01 Å². The van der Waals surface area contributed by atoms with Crippen molar-refractivity contribution in [1.29, 1.82) is 0 Å². The summed E-state index contributed by atoms with van der Waals surface area (Å²) >= 11 is 0. The number of halogens is 1. The van der Waals surface area contributed by atoms with Gasteiger partial charge in [0.2, 0.25) is 5.91 Å². The van der Waals surface area contributed by atoms with Crippen molar-refractivity contribution >= 4 is 5.91 Å². The molecule has 2 fully saturated rings. The summed E-state index contributed by atoms with van der Waals surface area (Å²) in [6, 6.07) is 0.206. The van der Waals surface area contributed by atoms with Crippen molar-refractivity contribution in [2.24, 2.45) is 5.92 Å². The van der Waals surface area contributed by atoms with E-state index in [9.17, 15) is 9.18 Å². The molecule has 1 amide bonds.